The largest absolute Gasteiger partial charge is 0.342 e. The zero-order valence-electron chi connectivity index (χ0n) is 20.7. The standard InChI is InChI=1S/C28H31ClN4O3/c1-3-30(4-2)27(35)18-32-17-23(22-10-9-20(29)16-25(22)32)28(36)31-13-11-21(12-14-31)33-24-8-6-5-7-19(24)15-26(33)34/h5-10,16-17,21H,3-4,11-15,18H2,1-2H3. The van der Waals surface area contributed by atoms with E-state index in [2.05, 4.69) is 0 Å². The minimum absolute atomic E-state index is 0.00671. The van der Waals surface area contributed by atoms with Crippen LogP contribution in [0.3, 0.4) is 0 Å². The summed E-state index contributed by atoms with van der Waals surface area (Å²) in [5.41, 5.74) is 3.44. The Morgan fingerprint density at radius 1 is 1.06 bits per heavy atom. The summed E-state index contributed by atoms with van der Waals surface area (Å²) in [6.45, 7) is 6.50. The van der Waals surface area contributed by atoms with Gasteiger partial charge >= 0.3 is 0 Å². The number of likely N-dealkylation sites (tertiary alicyclic amines) is 1. The van der Waals surface area contributed by atoms with E-state index in [-0.39, 0.29) is 30.3 Å². The minimum atomic E-state index is -0.0528. The maximum atomic E-state index is 13.6. The molecule has 1 saturated heterocycles. The van der Waals surface area contributed by atoms with E-state index in [4.69, 9.17) is 11.6 Å². The number of likely N-dealkylation sites (N-methyl/N-ethyl adjacent to an activating group) is 1. The predicted molar refractivity (Wildman–Crippen MR) is 141 cm³/mol. The van der Waals surface area contributed by atoms with Crippen LogP contribution in [0.25, 0.3) is 10.9 Å². The van der Waals surface area contributed by atoms with Crippen molar-refractivity contribution in [3.8, 4) is 0 Å². The Morgan fingerprint density at radius 3 is 2.50 bits per heavy atom. The third-order valence-electron chi connectivity index (χ3n) is 7.47. The second-order valence-electron chi connectivity index (χ2n) is 9.49. The zero-order valence-corrected chi connectivity index (χ0v) is 21.5. The van der Waals surface area contributed by atoms with Crippen LogP contribution in [-0.4, -0.2) is 64.3 Å². The normalized spacial score (nSPS) is 16.0. The molecule has 3 amide bonds. The highest BCUT2D eigenvalue weighted by molar-refractivity contribution is 6.31. The molecule has 0 unspecified atom stereocenters. The van der Waals surface area contributed by atoms with E-state index >= 15 is 0 Å². The Hall–Kier alpha value is -3.32. The molecule has 2 aromatic carbocycles. The van der Waals surface area contributed by atoms with E-state index in [0.717, 1.165) is 35.0 Å². The van der Waals surface area contributed by atoms with Crippen molar-refractivity contribution in [2.75, 3.05) is 31.1 Å². The number of carbonyl (C=O) groups is 3. The number of hydrogen-bond acceptors (Lipinski definition) is 3. The number of amides is 3. The van der Waals surface area contributed by atoms with Crippen LogP contribution >= 0.6 is 11.6 Å². The van der Waals surface area contributed by atoms with Crippen LogP contribution < -0.4 is 4.90 Å². The molecule has 0 radical (unpaired) electrons. The maximum Gasteiger partial charge on any atom is 0.256 e. The number of rotatable bonds is 6. The van der Waals surface area contributed by atoms with E-state index in [9.17, 15) is 14.4 Å². The van der Waals surface area contributed by atoms with Crippen LogP contribution in [0.1, 0.15) is 42.6 Å². The summed E-state index contributed by atoms with van der Waals surface area (Å²) in [6.07, 6.45) is 3.70. The van der Waals surface area contributed by atoms with E-state index in [1.54, 1.807) is 17.2 Å². The Kier molecular flexibility index (Phi) is 6.75. The van der Waals surface area contributed by atoms with Gasteiger partial charge in [0.05, 0.1) is 17.5 Å². The van der Waals surface area contributed by atoms with Gasteiger partial charge in [-0.1, -0.05) is 35.9 Å². The topological polar surface area (TPSA) is 65.9 Å². The lowest BCUT2D eigenvalue weighted by Crippen LogP contribution is -2.48. The number of benzene rings is 2. The van der Waals surface area contributed by atoms with Crippen molar-refractivity contribution in [1.29, 1.82) is 0 Å². The van der Waals surface area contributed by atoms with Crippen molar-refractivity contribution in [3.05, 3.63) is 64.8 Å². The molecule has 36 heavy (non-hydrogen) atoms. The van der Waals surface area contributed by atoms with Crippen LogP contribution in [-0.2, 0) is 22.6 Å². The summed E-state index contributed by atoms with van der Waals surface area (Å²) in [5.74, 6) is 0.0917. The summed E-state index contributed by atoms with van der Waals surface area (Å²) in [6, 6.07) is 13.5. The predicted octanol–water partition coefficient (Wildman–Crippen LogP) is 4.36. The van der Waals surface area contributed by atoms with Crippen LogP contribution in [0, 0.1) is 0 Å². The average Bonchev–Trinajstić information content (AvgIpc) is 3.41. The Bertz CT molecular complexity index is 1320. The number of piperidine rings is 1. The molecule has 0 bridgehead atoms. The summed E-state index contributed by atoms with van der Waals surface area (Å²) in [7, 11) is 0. The van der Waals surface area contributed by atoms with Crippen molar-refractivity contribution in [3.63, 3.8) is 0 Å². The van der Waals surface area contributed by atoms with Crippen molar-refractivity contribution in [2.24, 2.45) is 0 Å². The SMILES string of the molecule is CCN(CC)C(=O)Cn1cc(C(=O)N2CCC(N3C(=O)Cc4ccccc43)CC2)c2ccc(Cl)cc21. The molecule has 0 atom stereocenters. The number of fused-ring (bicyclic) bond motifs is 2. The van der Waals surface area contributed by atoms with Gasteiger partial charge < -0.3 is 19.3 Å². The van der Waals surface area contributed by atoms with Crippen LogP contribution in [0.4, 0.5) is 5.69 Å². The molecular weight excluding hydrogens is 476 g/mol. The van der Waals surface area contributed by atoms with Crippen molar-refractivity contribution < 1.29 is 14.4 Å². The van der Waals surface area contributed by atoms with E-state index in [1.165, 1.54) is 0 Å². The van der Waals surface area contributed by atoms with Gasteiger partial charge in [0.1, 0.15) is 6.54 Å². The van der Waals surface area contributed by atoms with E-state index < -0.39 is 0 Å². The highest BCUT2D eigenvalue weighted by Gasteiger charge is 2.36. The molecule has 8 heteroatoms. The summed E-state index contributed by atoms with van der Waals surface area (Å²) in [5, 5.41) is 1.36. The Balaban J connectivity index is 1.35. The van der Waals surface area contributed by atoms with Crippen molar-refractivity contribution in [1.82, 2.24) is 14.4 Å². The molecule has 5 rings (SSSR count). The third-order valence-corrected chi connectivity index (χ3v) is 7.71. The van der Waals surface area contributed by atoms with Gasteiger partial charge in [0.25, 0.3) is 5.91 Å². The number of hydrogen-bond donors (Lipinski definition) is 0. The smallest absolute Gasteiger partial charge is 0.256 e. The highest BCUT2D eigenvalue weighted by atomic mass is 35.5. The van der Waals surface area contributed by atoms with Gasteiger partial charge in [-0.2, -0.15) is 0 Å². The molecule has 0 N–H and O–H groups in total. The second kappa shape index (κ2) is 9.97. The second-order valence-corrected chi connectivity index (χ2v) is 9.93. The van der Waals surface area contributed by atoms with E-state index in [0.29, 0.717) is 43.2 Å². The maximum absolute atomic E-state index is 13.6. The molecule has 1 aromatic heterocycles. The quantitative estimate of drug-likeness (QED) is 0.499. The fourth-order valence-corrected chi connectivity index (χ4v) is 5.73. The number of anilines is 1. The first-order chi connectivity index (χ1) is 17.4. The molecular formula is C28H31ClN4O3. The molecule has 3 aromatic rings. The summed E-state index contributed by atoms with van der Waals surface area (Å²) < 4.78 is 1.84. The van der Waals surface area contributed by atoms with Gasteiger partial charge in [-0.05, 0) is 50.5 Å². The summed E-state index contributed by atoms with van der Waals surface area (Å²) >= 11 is 6.27. The number of aromatic nitrogens is 1. The fraction of sp³-hybridized carbons (Fsp3) is 0.393. The molecule has 0 spiro atoms. The Morgan fingerprint density at radius 2 is 1.78 bits per heavy atom. The van der Waals surface area contributed by atoms with Crippen molar-refractivity contribution >= 4 is 45.9 Å². The monoisotopic (exact) mass is 506 g/mol. The van der Waals surface area contributed by atoms with Gasteiger partial charge in [0.15, 0.2) is 0 Å². The van der Waals surface area contributed by atoms with Gasteiger partial charge in [0.2, 0.25) is 11.8 Å². The molecule has 2 aliphatic rings. The molecule has 0 saturated carbocycles. The first kappa shape index (κ1) is 24.4. The number of halogens is 1. The fourth-order valence-electron chi connectivity index (χ4n) is 5.56. The number of nitrogens with zero attached hydrogens (tertiary/aromatic N) is 4. The van der Waals surface area contributed by atoms with Gasteiger partial charge in [-0.3, -0.25) is 14.4 Å². The molecule has 2 aliphatic heterocycles. The first-order valence-corrected chi connectivity index (χ1v) is 13.0. The van der Waals surface area contributed by atoms with Gasteiger partial charge in [-0.25, -0.2) is 0 Å². The average molecular weight is 507 g/mol. The lowest BCUT2D eigenvalue weighted by molar-refractivity contribution is -0.131. The first-order valence-electron chi connectivity index (χ1n) is 12.7. The molecule has 3 heterocycles. The minimum Gasteiger partial charge on any atom is -0.342 e. The lowest BCUT2D eigenvalue weighted by atomic mass is 10.0. The van der Waals surface area contributed by atoms with Crippen LogP contribution in [0.15, 0.2) is 48.7 Å². The van der Waals surface area contributed by atoms with E-state index in [1.807, 2.05) is 64.6 Å². The number of para-hydroxylation sites is 1. The lowest BCUT2D eigenvalue weighted by Gasteiger charge is -2.37. The van der Waals surface area contributed by atoms with Crippen LogP contribution in [0.5, 0.6) is 0 Å². The van der Waals surface area contributed by atoms with Crippen molar-refractivity contribution in [2.45, 2.75) is 45.7 Å². The molecule has 0 aliphatic carbocycles. The molecule has 1 fully saturated rings. The van der Waals surface area contributed by atoms with Gasteiger partial charge in [0, 0.05) is 54.5 Å². The van der Waals surface area contributed by atoms with Gasteiger partial charge in [-0.15, -0.1) is 0 Å². The summed E-state index contributed by atoms with van der Waals surface area (Å²) in [4.78, 5) is 44.7. The molecule has 188 valence electrons. The Labute approximate surface area is 216 Å². The highest BCUT2D eigenvalue weighted by Crippen LogP contribution is 2.34. The molecule has 7 nitrogen and oxygen atoms in total. The zero-order chi connectivity index (χ0) is 25.4. The number of carbonyl (C=O) groups excluding carboxylic acids is 3. The van der Waals surface area contributed by atoms with Crippen LogP contribution in [0.2, 0.25) is 5.02 Å². The third kappa shape index (κ3) is 4.37.